The van der Waals surface area contributed by atoms with Crippen LogP contribution in [0.15, 0.2) is 18.3 Å². The van der Waals surface area contributed by atoms with E-state index >= 15 is 0 Å². The van der Waals surface area contributed by atoms with Crippen LogP contribution >= 0.6 is 0 Å². The Morgan fingerprint density at radius 2 is 2.11 bits per heavy atom. The van der Waals surface area contributed by atoms with Crippen molar-refractivity contribution in [2.24, 2.45) is 0 Å². The van der Waals surface area contributed by atoms with Gasteiger partial charge in [0.05, 0.1) is 13.2 Å². The molecule has 18 heavy (non-hydrogen) atoms. The maximum atomic E-state index is 5.36. The van der Waals surface area contributed by atoms with E-state index in [2.05, 4.69) is 27.3 Å². The molecule has 98 valence electrons. The summed E-state index contributed by atoms with van der Waals surface area (Å²) < 4.78 is 5.36. The van der Waals surface area contributed by atoms with Gasteiger partial charge in [0.2, 0.25) is 0 Å². The summed E-state index contributed by atoms with van der Waals surface area (Å²) in [7, 11) is 0. The molecule has 2 fully saturated rings. The van der Waals surface area contributed by atoms with Gasteiger partial charge in [-0.1, -0.05) is 12.5 Å². The summed E-state index contributed by atoms with van der Waals surface area (Å²) in [6.07, 6.45) is 5.89. The molecule has 4 nitrogen and oxygen atoms in total. The predicted molar refractivity (Wildman–Crippen MR) is 71.9 cm³/mol. The maximum Gasteiger partial charge on any atom is 0.128 e. The molecule has 0 spiro atoms. The van der Waals surface area contributed by atoms with Gasteiger partial charge in [-0.2, -0.15) is 0 Å². The number of aromatic nitrogens is 1. The zero-order valence-electron chi connectivity index (χ0n) is 10.8. The standard InChI is InChI=1S/C14H21N3O/c1-2-6-15-13(3-1)12-4-5-14(16-11-12)17-7-9-18-10-8-17/h4-5,11,13,15H,1-3,6-10H2. The number of pyridine rings is 1. The lowest BCUT2D eigenvalue weighted by Crippen LogP contribution is -2.36. The van der Waals surface area contributed by atoms with E-state index in [0.29, 0.717) is 6.04 Å². The van der Waals surface area contributed by atoms with E-state index in [1.165, 1.54) is 24.8 Å². The maximum absolute atomic E-state index is 5.36. The SMILES string of the molecule is c1cc(N2CCOCC2)ncc1C1CCCCN1. The summed E-state index contributed by atoms with van der Waals surface area (Å²) in [6.45, 7) is 4.67. The van der Waals surface area contributed by atoms with Crippen LogP contribution in [0.2, 0.25) is 0 Å². The molecular weight excluding hydrogens is 226 g/mol. The second-order valence-electron chi connectivity index (χ2n) is 5.05. The fourth-order valence-corrected chi connectivity index (χ4v) is 2.72. The zero-order chi connectivity index (χ0) is 12.2. The van der Waals surface area contributed by atoms with Crippen molar-refractivity contribution in [2.45, 2.75) is 25.3 Å². The molecule has 1 aromatic heterocycles. The van der Waals surface area contributed by atoms with Crippen molar-refractivity contribution >= 4 is 5.82 Å². The Morgan fingerprint density at radius 1 is 1.22 bits per heavy atom. The topological polar surface area (TPSA) is 37.4 Å². The van der Waals surface area contributed by atoms with Gasteiger partial charge in [0, 0.05) is 25.3 Å². The molecule has 1 N–H and O–H groups in total. The molecule has 0 saturated carbocycles. The molecule has 1 unspecified atom stereocenters. The number of nitrogens with zero attached hydrogens (tertiary/aromatic N) is 2. The van der Waals surface area contributed by atoms with Gasteiger partial charge in [0.15, 0.2) is 0 Å². The molecule has 0 radical (unpaired) electrons. The first-order chi connectivity index (χ1) is 8.93. The summed E-state index contributed by atoms with van der Waals surface area (Å²) in [5.74, 6) is 1.08. The third-order valence-electron chi connectivity index (χ3n) is 3.82. The van der Waals surface area contributed by atoms with E-state index in [0.717, 1.165) is 38.7 Å². The molecular formula is C14H21N3O. The van der Waals surface area contributed by atoms with Gasteiger partial charge in [-0.05, 0) is 31.0 Å². The number of morpholine rings is 1. The molecule has 2 saturated heterocycles. The Bertz CT molecular complexity index is 330. The van der Waals surface area contributed by atoms with Crippen molar-refractivity contribution in [3.05, 3.63) is 23.9 Å². The van der Waals surface area contributed by atoms with Crippen LogP contribution in [0.3, 0.4) is 0 Å². The van der Waals surface area contributed by atoms with Crippen molar-refractivity contribution in [3.8, 4) is 0 Å². The largest absolute Gasteiger partial charge is 0.378 e. The van der Waals surface area contributed by atoms with Crippen molar-refractivity contribution < 1.29 is 4.74 Å². The Hall–Kier alpha value is -1.13. The Morgan fingerprint density at radius 3 is 2.78 bits per heavy atom. The van der Waals surface area contributed by atoms with Gasteiger partial charge < -0.3 is 15.0 Å². The van der Waals surface area contributed by atoms with Crippen molar-refractivity contribution in [1.82, 2.24) is 10.3 Å². The van der Waals surface area contributed by atoms with Gasteiger partial charge >= 0.3 is 0 Å². The third-order valence-corrected chi connectivity index (χ3v) is 3.82. The van der Waals surface area contributed by atoms with Gasteiger partial charge in [-0.3, -0.25) is 0 Å². The van der Waals surface area contributed by atoms with E-state index < -0.39 is 0 Å². The monoisotopic (exact) mass is 247 g/mol. The number of hydrogen-bond donors (Lipinski definition) is 1. The first-order valence-electron chi connectivity index (χ1n) is 6.95. The van der Waals surface area contributed by atoms with Crippen molar-refractivity contribution in [1.29, 1.82) is 0 Å². The minimum atomic E-state index is 0.505. The van der Waals surface area contributed by atoms with Crippen molar-refractivity contribution in [2.75, 3.05) is 37.7 Å². The Kier molecular flexibility index (Phi) is 3.76. The van der Waals surface area contributed by atoms with Crippen LogP contribution in [0.4, 0.5) is 5.82 Å². The lowest BCUT2D eigenvalue weighted by Gasteiger charge is -2.28. The lowest BCUT2D eigenvalue weighted by atomic mass is 9.99. The minimum absolute atomic E-state index is 0.505. The smallest absolute Gasteiger partial charge is 0.128 e. The van der Waals surface area contributed by atoms with Crippen LogP contribution in [0.5, 0.6) is 0 Å². The van der Waals surface area contributed by atoms with E-state index in [1.807, 2.05) is 6.20 Å². The van der Waals surface area contributed by atoms with Crippen LogP contribution in [0.1, 0.15) is 30.9 Å². The van der Waals surface area contributed by atoms with Crippen LogP contribution in [-0.2, 0) is 4.74 Å². The molecule has 3 heterocycles. The highest BCUT2D eigenvalue weighted by Gasteiger charge is 2.16. The highest BCUT2D eigenvalue weighted by molar-refractivity contribution is 5.40. The van der Waals surface area contributed by atoms with Gasteiger partial charge in [-0.15, -0.1) is 0 Å². The van der Waals surface area contributed by atoms with E-state index in [4.69, 9.17) is 4.74 Å². The summed E-state index contributed by atoms with van der Waals surface area (Å²) in [4.78, 5) is 6.90. The fraction of sp³-hybridized carbons (Fsp3) is 0.643. The lowest BCUT2D eigenvalue weighted by molar-refractivity contribution is 0.122. The molecule has 3 rings (SSSR count). The molecule has 0 aromatic carbocycles. The van der Waals surface area contributed by atoms with Crippen molar-refractivity contribution in [3.63, 3.8) is 0 Å². The number of hydrogen-bond acceptors (Lipinski definition) is 4. The normalized spacial score (nSPS) is 25.1. The van der Waals surface area contributed by atoms with Crippen LogP contribution in [-0.4, -0.2) is 37.8 Å². The third kappa shape index (κ3) is 2.65. The average Bonchev–Trinajstić information content (AvgIpc) is 2.49. The van der Waals surface area contributed by atoms with Crippen LogP contribution < -0.4 is 10.2 Å². The Labute approximate surface area is 108 Å². The molecule has 0 aliphatic carbocycles. The van der Waals surface area contributed by atoms with Crippen LogP contribution in [0.25, 0.3) is 0 Å². The average molecular weight is 247 g/mol. The summed E-state index contributed by atoms with van der Waals surface area (Å²) in [6, 6.07) is 4.88. The molecule has 1 atom stereocenters. The second-order valence-corrected chi connectivity index (χ2v) is 5.05. The predicted octanol–water partition coefficient (Wildman–Crippen LogP) is 1.73. The highest BCUT2D eigenvalue weighted by atomic mass is 16.5. The van der Waals surface area contributed by atoms with Gasteiger partial charge in [0.1, 0.15) is 5.82 Å². The molecule has 2 aliphatic rings. The Balaban J connectivity index is 1.67. The second kappa shape index (κ2) is 5.67. The molecule has 2 aliphatic heterocycles. The molecule has 0 amide bonds. The zero-order valence-corrected chi connectivity index (χ0v) is 10.8. The van der Waals surface area contributed by atoms with Gasteiger partial charge in [-0.25, -0.2) is 4.98 Å². The van der Waals surface area contributed by atoms with E-state index in [1.54, 1.807) is 0 Å². The van der Waals surface area contributed by atoms with Crippen LogP contribution in [0, 0.1) is 0 Å². The quantitative estimate of drug-likeness (QED) is 0.863. The number of ether oxygens (including phenoxy) is 1. The fourth-order valence-electron chi connectivity index (χ4n) is 2.72. The first-order valence-corrected chi connectivity index (χ1v) is 6.95. The highest BCUT2D eigenvalue weighted by Crippen LogP contribution is 2.23. The molecule has 0 bridgehead atoms. The van der Waals surface area contributed by atoms with E-state index in [-0.39, 0.29) is 0 Å². The van der Waals surface area contributed by atoms with Gasteiger partial charge in [0.25, 0.3) is 0 Å². The molecule has 4 heteroatoms. The van der Waals surface area contributed by atoms with E-state index in [9.17, 15) is 0 Å². The number of piperidine rings is 1. The number of anilines is 1. The summed E-state index contributed by atoms with van der Waals surface area (Å²) in [5, 5.41) is 3.56. The summed E-state index contributed by atoms with van der Waals surface area (Å²) in [5.41, 5.74) is 1.33. The minimum Gasteiger partial charge on any atom is -0.378 e. The first kappa shape index (κ1) is 11.9. The summed E-state index contributed by atoms with van der Waals surface area (Å²) >= 11 is 0. The molecule has 1 aromatic rings. The number of nitrogens with one attached hydrogen (secondary N) is 1. The number of rotatable bonds is 2.